The molecule has 94 valence electrons. The summed E-state index contributed by atoms with van der Waals surface area (Å²) in [5, 5.41) is 8.88. The Kier molecular flexibility index (Phi) is 5.01. The summed E-state index contributed by atoms with van der Waals surface area (Å²) in [6, 6.07) is 5.96. The van der Waals surface area contributed by atoms with Gasteiger partial charge in [0.15, 0.2) is 0 Å². The van der Waals surface area contributed by atoms with Crippen LogP contribution >= 0.6 is 0 Å². The van der Waals surface area contributed by atoms with Crippen LogP contribution in [0.25, 0.3) is 0 Å². The van der Waals surface area contributed by atoms with E-state index in [-0.39, 0.29) is 12.3 Å². The molecule has 1 aromatic carbocycles. The summed E-state index contributed by atoms with van der Waals surface area (Å²) in [5.74, 6) is 0.218. The summed E-state index contributed by atoms with van der Waals surface area (Å²) < 4.78 is 5.27. The Bertz CT molecular complexity index is 385. The number of carboxylic acid groups (broad SMARTS) is 1. The fraction of sp³-hybridized carbons (Fsp3) is 0.500. The molecule has 0 spiro atoms. The molecule has 0 saturated carbocycles. The van der Waals surface area contributed by atoms with E-state index in [4.69, 9.17) is 9.84 Å². The van der Waals surface area contributed by atoms with E-state index in [0.717, 1.165) is 29.7 Å². The second kappa shape index (κ2) is 6.28. The van der Waals surface area contributed by atoms with Gasteiger partial charge >= 0.3 is 5.97 Å². The van der Waals surface area contributed by atoms with Crippen LogP contribution in [0.5, 0.6) is 5.75 Å². The van der Waals surface area contributed by atoms with Crippen molar-refractivity contribution < 1.29 is 14.6 Å². The van der Waals surface area contributed by atoms with Crippen LogP contribution in [-0.4, -0.2) is 18.2 Å². The average Bonchev–Trinajstić information content (AvgIpc) is 2.34. The van der Waals surface area contributed by atoms with Crippen LogP contribution in [0.15, 0.2) is 18.2 Å². The molecule has 0 fully saturated rings. The standard InChI is InChI=1S/C14H20O3/c1-4-10(9-14(15)16)12-6-7-13(17-3)11(5-2)8-12/h6-8,10H,4-5,9H2,1-3H3,(H,15,16). The maximum atomic E-state index is 10.8. The first-order valence-electron chi connectivity index (χ1n) is 6.00. The highest BCUT2D eigenvalue weighted by atomic mass is 16.5. The van der Waals surface area contributed by atoms with Gasteiger partial charge < -0.3 is 9.84 Å². The first-order valence-corrected chi connectivity index (χ1v) is 6.00. The Labute approximate surface area is 102 Å². The number of methoxy groups -OCH3 is 1. The Morgan fingerprint density at radius 1 is 1.41 bits per heavy atom. The maximum Gasteiger partial charge on any atom is 0.303 e. The van der Waals surface area contributed by atoms with E-state index in [1.54, 1.807) is 7.11 Å². The van der Waals surface area contributed by atoms with Crippen molar-refractivity contribution in [2.75, 3.05) is 7.11 Å². The normalized spacial score (nSPS) is 12.2. The molecule has 0 aliphatic heterocycles. The highest BCUT2D eigenvalue weighted by Gasteiger charge is 2.15. The Hall–Kier alpha value is -1.51. The molecule has 0 aliphatic rings. The van der Waals surface area contributed by atoms with Gasteiger partial charge in [-0.2, -0.15) is 0 Å². The Morgan fingerprint density at radius 3 is 2.59 bits per heavy atom. The van der Waals surface area contributed by atoms with Crippen molar-refractivity contribution in [3.05, 3.63) is 29.3 Å². The lowest BCUT2D eigenvalue weighted by Crippen LogP contribution is -2.06. The van der Waals surface area contributed by atoms with Gasteiger partial charge in [0.2, 0.25) is 0 Å². The molecule has 0 heterocycles. The van der Waals surface area contributed by atoms with Gasteiger partial charge in [0.05, 0.1) is 13.5 Å². The van der Waals surface area contributed by atoms with Crippen molar-refractivity contribution in [2.24, 2.45) is 0 Å². The number of ether oxygens (including phenoxy) is 1. The maximum absolute atomic E-state index is 10.8. The molecule has 0 aromatic heterocycles. The number of aliphatic carboxylic acids is 1. The van der Waals surface area contributed by atoms with Crippen LogP contribution in [0.1, 0.15) is 43.7 Å². The highest BCUT2D eigenvalue weighted by Crippen LogP contribution is 2.28. The minimum absolute atomic E-state index is 0.0868. The molecule has 0 radical (unpaired) electrons. The highest BCUT2D eigenvalue weighted by molar-refractivity contribution is 5.68. The zero-order chi connectivity index (χ0) is 12.8. The molecule has 0 saturated heterocycles. The molecule has 1 atom stereocenters. The van der Waals surface area contributed by atoms with Crippen molar-refractivity contribution >= 4 is 5.97 Å². The first kappa shape index (κ1) is 13.6. The molecule has 1 aromatic rings. The van der Waals surface area contributed by atoms with Gasteiger partial charge in [-0.05, 0) is 36.0 Å². The minimum atomic E-state index is -0.745. The molecule has 3 nitrogen and oxygen atoms in total. The molecule has 17 heavy (non-hydrogen) atoms. The number of aryl methyl sites for hydroxylation is 1. The smallest absolute Gasteiger partial charge is 0.303 e. The van der Waals surface area contributed by atoms with Gasteiger partial charge in [0.25, 0.3) is 0 Å². The largest absolute Gasteiger partial charge is 0.496 e. The van der Waals surface area contributed by atoms with E-state index in [9.17, 15) is 4.79 Å². The third-order valence-corrected chi connectivity index (χ3v) is 3.07. The summed E-state index contributed by atoms with van der Waals surface area (Å²) in [5.41, 5.74) is 2.22. The van der Waals surface area contributed by atoms with Crippen molar-refractivity contribution in [1.29, 1.82) is 0 Å². The number of hydrogen-bond donors (Lipinski definition) is 1. The van der Waals surface area contributed by atoms with E-state index in [1.807, 2.05) is 19.1 Å². The van der Waals surface area contributed by atoms with Crippen LogP contribution in [-0.2, 0) is 11.2 Å². The van der Waals surface area contributed by atoms with Crippen LogP contribution < -0.4 is 4.74 Å². The van der Waals surface area contributed by atoms with Crippen LogP contribution in [0.3, 0.4) is 0 Å². The predicted octanol–water partition coefficient (Wildman–Crippen LogP) is 3.23. The molecular formula is C14H20O3. The summed E-state index contributed by atoms with van der Waals surface area (Å²) in [6.45, 7) is 4.09. The zero-order valence-electron chi connectivity index (χ0n) is 10.7. The van der Waals surface area contributed by atoms with E-state index in [0.29, 0.717) is 0 Å². The summed E-state index contributed by atoms with van der Waals surface area (Å²) in [7, 11) is 1.66. The van der Waals surface area contributed by atoms with Crippen molar-refractivity contribution in [3.8, 4) is 5.75 Å². The predicted molar refractivity (Wildman–Crippen MR) is 67.7 cm³/mol. The fourth-order valence-corrected chi connectivity index (χ4v) is 2.04. The summed E-state index contributed by atoms with van der Waals surface area (Å²) >= 11 is 0. The van der Waals surface area contributed by atoms with Crippen LogP contribution in [0.4, 0.5) is 0 Å². The molecule has 0 amide bonds. The number of carbonyl (C=O) groups is 1. The summed E-state index contributed by atoms with van der Waals surface area (Å²) in [6.07, 6.45) is 1.91. The average molecular weight is 236 g/mol. The van der Waals surface area contributed by atoms with Gasteiger partial charge in [-0.25, -0.2) is 0 Å². The van der Waals surface area contributed by atoms with E-state index >= 15 is 0 Å². The van der Waals surface area contributed by atoms with Gasteiger partial charge in [-0.15, -0.1) is 0 Å². The minimum Gasteiger partial charge on any atom is -0.496 e. The number of benzene rings is 1. The molecule has 1 rings (SSSR count). The SMILES string of the molecule is CCc1cc(C(CC)CC(=O)O)ccc1OC. The molecule has 0 bridgehead atoms. The zero-order valence-corrected chi connectivity index (χ0v) is 10.7. The Morgan fingerprint density at radius 2 is 2.12 bits per heavy atom. The molecular weight excluding hydrogens is 216 g/mol. The molecule has 0 aliphatic carbocycles. The van der Waals surface area contributed by atoms with E-state index < -0.39 is 5.97 Å². The lowest BCUT2D eigenvalue weighted by Gasteiger charge is -2.15. The quantitative estimate of drug-likeness (QED) is 0.824. The summed E-state index contributed by atoms with van der Waals surface area (Å²) in [4.78, 5) is 10.8. The third kappa shape index (κ3) is 3.48. The van der Waals surface area contributed by atoms with Crippen molar-refractivity contribution in [3.63, 3.8) is 0 Å². The Balaban J connectivity index is 3.00. The van der Waals surface area contributed by atoms with Crippen LogP contribution in [0.2, 0.25) is 0 Å². The second-order valence-electron chi connectivity index (χ2n) is 4.13. The topological polar surface area (TPSA) is 46.5 Å². The number of rotatable bonds is 6. The molecule has 1 unspecified atom stereocenters. The lowest BCUT2D eigenvalue weighted by atomic mass is 9.91. The van der Waals surface area contributed by atoms with Gasteiger partial charge in [0.1, 0.15) is 5.75 Å². The number of hydrogen-bond acceptors (Lipinski definition) is 2. The molecule has 1 N–H and O–H groups in total. The third-order valence-electron chi connectivity index (χ3n) is 3.07. The van der Waals surface area contributed by atoms with Gasteiger partial charge in [-0.3, -0.25) is 4.79 Å². The van der Waals surface area contributed by atoms with Crippen LogP contribution in [0, 0.1) is 0 Å². The van der Waals surface area contributed by atoms with Crippen molar-refractivity contribution in [1.82, 2.24) is 0 Å². The second-order valence-corrected chi connectivity index (χ2v) is 4.13. The first-order chi connectivity index (χ1) is 8.12. The lowest BCUT2D eigenvalue weighted by molar-refractivity contribution is -0.137. The van der Waals surface area contributed by atoms with E-state index in [1.165, 1.54) is 0 Å². The van der Waals surface area contributed by atoms with Gasteiger partial charge in [-0.1, -0.05) is 26.0 Å². The molecule has 3 heteroatoms. The van der Waals surface area contributed by atoms with Crippen molar-refractivity contribution in [2.45, 2.75) is 39.0 Å². The monoisotopic (exact) mass is 236 g/mol. The number of carboxylic acids is 1. The fourth-order valence-electron chi connectivity index (χ4n) is 2.04. The van der Waals surface area contributed by atoms with E-state index in [2.05, 4.69) is 13.0 Å². The van der Waals surface area contributed by atoms with Gasteiger partial charge in [0, 0.05) is 0 Å².